The molecule has 54 heavy (non-hydrogen) atoms. The van der Waals surface area contributed by atoms with Crippen LogP contribution in [0.4, 0.5) is 0 Å². The van der Waals surface area contributed by atoms with Crippen molar-refractivity contribution >= 4 is 42.4 Å². The van der Waals surface area contributed by atoms with Crippen molar-refractivity contribution in [3.63, 3.8) is 0 Å². The molecule has 0 atom stereocenters. The van der Waals surface area contributed by atoms with Gasteiger partial charge in [-0.25, -0.2) is 8.42 Å². The zero-order valence-corrected chi connectivity index (χ0v) is 32.7. The van der Waals surface area contributed by atoms with E-state index in [9.17, 15) is 8.42 Å². The molecular formula is C50H45NO2S. The maximum Gasteiger partial charge on any atom is 0.206 e. The lowest BCUT2D eigenvalue weighted by Gasteiger charge is -2.22. The van der Waals surface area contributed by atoms with Gasteiger partial charge in [0.15, 0.2) is 0 Å². The lowest BCUT2D eigenvalue weighted by atomic mass is 9.84. The van der Waals surface area contributed by atoms with Crippen molar-refractivity contribution in [2.24, 2.45) is 0 Å². The van der Waals surface area contributed by atoms with Crippen LogP contribution in [0.15, 0.2) is 149 Å². The number of nitrogens with zero attached hydrogens (tertiary/aromatic N) is 1. The van der Waals surface area contributed by atoms with Crippen LogP contribution in [0.1, 0.15) is 74.9 Å². The number of aromatic nitrogens is 1. The Morgan fingerprint density at radius 3 is 1.61 bits per heavy atom. The van der Waals surface area contributed by atoms with Crippen LogP contribution in [-0.4, -0.2) is 13.0 Å². The summed E-state index contributed by atoms with van der Waals surface area (Å²) in [6.07, 6.45) is 1.79. The Morgan fingerprint density at radius 2 is 1.00 bits per heavy atom. The van der Waals surface area contributed by atoms with Gasteiger partial charge in [-0.3, -0.25) is 0 Å². The molecule has 0 saturated heterocycles. The van der Waals surface area contributed by atoms with E-state index in [1.165, 1.54) is 71.6 Å². The standard InChI is InChI=1S/C50H45NO2S/c1-49(2,3)40-17-22-47-45(30-40)46-31-41(50(4,5)6)18-23-48(46)51(47)42-19-14-35-26-37-27-36-24-33(12-13-34(36)25-38(37)28-39(35)29-42)32-15-20-44(21-16-32)54(52,53)43-10-8-7-9-11-43/h7-25,27,29-31H,26,28H2,1-6H3. The van der Waals surface area contributed by atoms with Gasteiger partial charge in [-0.05, 0) is 146 Å². The van der Waals surface area contributed by atoms with Crippen LogP contribution in [0.3, 0.4) is 0 Å². The summed E-state index contributed by atoms with van der Waals surface area (Å²) in [5, 5.41) is 5.03. The first-order valence-corrected chi connectivity index (χ1v) is 20.4. The average Bonchev–Trinajstić information content (AvgIpc) is 3.49. The zero-order chi connectivity index (χ0) is 37.6. The molecule has 0 amide bonds. The van der Waals surface area contributed by atoms with Gasteiger partial charge in [0.2, 0.25) is 9.84 Å². The van der Waals surface area contributed by atoms with Gasteiger partial charge in [0.05, 0.1) is 20.8 Å². The average molecular weight is 724 g/mol. The summed E-state index contributed by atoms with van der Waals surface area (Å²) in [5.41, 5.74) is 14.1. The van der Waals surface area contributed by atoms with Crippen LogP contribution >= 0.6 is 0 Å². The zero-order valence-electron chi connectivity index (χ0n) is 31.9. The number of fused-ring (bicyclic) bond motifs is 6. The normalized spacial score (nSPS) is 13.4. The highest BCUT2D eigenvalue weighted by atomic mass is 32.2. The quantitative estimate of drug-likeness (QED) is 0.181. The largest absolute Gasteiger partial charge is 0.309 e. The molecule has 4 heteroatoms. The molecule has 0 bridgehead atoms. The molecule has 1 aliphatic carbocycles. The third-order valence-electron chi connectivity index (χ3n) is 11.4. The summed E-state index contributed by atoms with van der Waals surface area (Å²) in [7, 11) is -3.56. The van der Waals surface area contributed by atoms with E-state index in [1.54, 1.807) is 36.4 Å². The van der Waals surface area contributed by atoms with E-state index in [2.05, 4.69) is 131 Å². The second-order valence-electron chi connectivity index (χ2n) is 17.1. The number of hydrogen-bond acceptors (Lipinski definition) is 2. The maximum absolute atomic E-state index is 13.1. The van der Waals surface area contributed by atoms with Gasteiger partial charge in [-0.1, -0.05) is 114 Å². The van der Waals surface area contributed by atoms with Gasteiger partial charge in [0.1, 0.15) is 0 Å². The minimum Gasteiger partial charge on any atom is -0.309 e. The summed E-state index contributed by atoms with van der Waals surface area (Å²) < 4.78 is 28.8. The Hall–Kier alpha value is -5.45. The second kappa shape index (κ2) is 12.3. The third-order valence-corrected chi connectivity index (χ3v) is 13.2. The summed E-state index contributed by atoms with van der Waals surface area (Å²) in [6.45, 7) is 13.7. The van der Waals surface area contributed by atoms with Crippen molar-refractivity contribution in [3.8, 4) is 16.8 Å². The molecule has 3 nitrogen and oxygen atoms in total. The van der Waals surface area contributed by atoms with E-state index in [-0.39, 0.29) is 10.8 Å². The van der Waals surface area contributed by atoms with Gasteiger partial charge in [-0.2, -0.15) is 0 Å². The molecule has 0 saturated carbocycles. The van der Waals surface area contributed by atoms with Gasteiger partial charge in [-0.15, -0.1) is 0 Å². The molecule has 0 spiro atoms. The van der Waals surface area contributed by atoms with Crippen LogP contribution in [0.25, 0.3) is 49.4 Å². The van der Waals surface area contributed by atoms with Crippen LogP contribution in [0, 0.1) is 0 Å². The van der Waals surface area contributed by atoms with Crippen molar-refractivity contribution in [1.29, 1.82) is 0 Å². The molecule has 0 unspecified atom stereocenters. The summed E-state index contributed by atoms with van der Waals surface area (Å²) >= 11 is 0. The summed E-state index contributed by atoms with van der Waals surface area (Å²) in [5.74, 6) is 0. The molecule has 1 aromatic heterocycles. The number of rotatable bonds is 4. The molecule has 0 radical (unpaired) electrons. The lowest BCUT2D eigenvalue weighted by molar-refractivity contribution is 0.590. The molecular weight excluding hydrogens is 679 g/mol. The van der Waals surface area contributed by atoms with Crippen molar-refractivity contribution in [2.45, 2.75) is 75.0 Å². The number of sulfone groups is 1. The van der Waals surface area contributed by atoms with E-state index in [0.29, 0.717) is 9.79 Å². The molecule has 8 aromatic rings. The highest BCUT2D eigenvalue weighted by Gasteiger charge is 2.23. The van der Waals surface area contributed by atoms with Crippen LogP contribution in [0.2, 0.25) is 0 Å². The molecule has 0 fully saturated rings. The van der Waals surface area contributed by atoms with Gasteiger partial charge in [0, 0.05) is 16.5 Å². The van der Waals surface area contributed by atoms with Crippen LogP contribution in [-0.2, 0) is 33.5 Å². The smallest absolute Gasteiger partial charge is 0.206 e. The fourth-order valence-electron chi connectivity index (χ4n) is 8.20. The Morgan fingerprint density at radius 1 is 0.463 bits per heavy atom. The Bertz CT molecular complexity index is 2810. The highest BCUT2D eigenvalue weighted by molar-refractivity contribution is 7.91. The van der Waals surface area contributed by atoms with Crippen LogP contribution in [0.5, 0.6) is 0 Å². The van der Waals surface area contributed by atoms with E-state index < -0.39 is 9.84 Å². The Kier molecular flexibility index (Phi) is 7.81. The molecule has 1 aliphatic rings. The third kappa shape index (κ3) is 5.84. The summed E-state index contributed by atoms with van der Waals surface area (Å²) in [6, 6.07) is 48.3. The fourth-order valence-corrected chi connectivity index (χ4v) is 9.48. The highest BCUT2D eigenvalue weighted by Crippen LogP contribution is 2.39. The minimum absolute atomic E-state index is 0.0643. The van der Waals surface area contributed by atoms with Gasteiger partial charge < -0.3 is 4.57 Å². The Labute approximate surface area is 318 Å². The molecule has 1 heterocycles. The van der Waals surface area contributed by atoms with Crippen LogP contribution < -0.4 is 0 Å². The van der Waals surface area contributed by atoms with Gasteiger partial charge in [0.25, 0.3) is 0 Å². The molecule has 9 rings (SSSR count). The van der Waals surface area contributed by atoms with E-state index in [4.69, 9.17) is 0 Å². The first-order chi connectivity index (χ1) is 25.7. The van der Waals surface area contributed by atoms with Crippen molar-refractivity contribution in [2.75, 3.05) is 0 Å². The van der Waals surface area contributed by atoms with E-state index >= 15 is 0 Å². The molecule has 7 aromatic carbocycles. The predicted octanol–water partition coefficient (Wildman–Crippen LogP) is 12.5. The second-order valence-corrected chi connectivity index (χ2v) is 19.1. The van der Waals surface area contributed by atoms with E-state index in [1.807, 2.05) is 18.2 Å². The first-order valence-electron chi connectivity index (χ1n) is 18.9. The van der Waals surface area contributed by atoms with Crippen molar-refractivity contribution in [1.82, 2.24) is 4.57 Å². The predicted molar refractivity (Wildman–Crippen MR) is 225 cm³/mol. The maximum atomic E-state index is 13.1. The molecule has 0 aliphatic heterocycles. The monoisotopic (exact) mass is 723 g/mol. The Balaban J connectivity index is 1.06. The molecule has 0 N–H and O–H groups in total. The topological polar surface area (TPSA) is 39.1 Å². The van der Waals surface area contributed by atoms with Crippen molar-refractivity contribution < 1.29 is 8.42 Å². The number of benzene rings is 7. The van der Waals surface area contributed by atoms with E-state index in [0.717, 1.165) is 24.0 Å². The molecule has 268 valence electrons. The summed E-state index contributed by atoms with van der Waals surface area (Å²) in [4.78, 5) is 0.610. The fraction of sp³-hybridized carbons (Fsp3) is 0.200. The van der Waals surface area contributed by atoms with Gasteiger partial charge >= 0.3 is 0 Å². The SMILES string of the molecule is CC(C)(C)c1ccc2c(c1)c1cc(C(C)(C)C)ccc1n2-c1ccc2c(c1)Cc1cc3ccc(-c4ccc(S(=O)(=O)c5ccccc5)cc4)cc3cc1C2. The van der Waals surface area contributed by atoms with Crippen molar-refractivity contribution in [3.05, 3.63) is 173 Å². The number of hydrogen-bond donors (Lipinski definition) is 0. The lowest BCUT2D eigenvalue weighted by Crippen LogP contribution is -2.10. The first kappa shape index (κ1) is 34.3. The minimum atomic E-state index is -3.56.